The van der Waals surface area contributed by atoms with Gasteiger partial charge >= 0.3 is 5.97 Å². The molecule has 0 atom stereocenters. The molecule has 3 aromatic rings. The predicted octanol–water partition coefficient (Wildman–Crippen LogP) is 4.24. The van der Waals surface area contributed by atoms with Crippen LogP contribution in [0.1, 0.15) is 26.3 Å². The smallest absolute Gasteiger partial charge is 0.337 e. The molecule has 0 unspecified atom stereocenters. The van der Waals surface area contributed by atoms with Crippen molar-refractivity contribution in [3.63, 3.8) is 0 Å². The Morgan fingerprint density at radius 1 is 0.879 bits per heavy atom. The Labute approximate surface area is 190 Å². The molecule has 0 spiro atoms. The van der Waals surface area contributed by atoms with Crippen molar-refractivity contribution < 1.29 is 23.5 Å². The molecule has 6 nitrogen and oxygen atoms in total. The molecule has 1 fully saturated rings. The number of halogens is 2. The Hall–Kier alpha value is -3.78. The highest BCUT2D eigenvalue weighted by molar-refractivity contribution is 6.05. The van der Waals surface area contributed by atoms with Gasteiger partial charge in [-0.15, -0.1) is 0 Å². The Kier molecular flexibility index (Phi) is 6.65. The monoisotopic (exact) mass is 451 g/mol. The van der Waals surface area contributed by atoms with Gasteiger partial charge in [0.2, 0.25) is 0 Å². The number of hydrogen-bond donors (Lipinski definition) is 2. The maximum Gasteiger partial charge on any atom is 0.337 e. The standard InChI is InChI=1S/C25H23F2N3O3/c26-19-6-4-18(5-7-19)24(31)28-21-8-9-23(22(15-21)25(32)33)30-12-10-29(11-13-30)16-17-2-1-3-20(27)14-17/h1-9,14-15H,10-13,16H2,(H,28,31)(H,32,33). The second-order valence-corrected chi connectivity index (χ2v) is 7.89. The number of piperazine rings is 1. The number of carboxylic acids is 1. The molecule has 33 heavy (non-hydrogen) atoms. The van der Waals surface area contributed by atoms with E-state index in [1.54, 1.807) is 18.2 Å². The molecule has 4 rings (SSSR count). The summed E-state index contributed by atoms with van der Waals surface area (Å²) in [5.74, 6) is -2.25. The highest BCUT2D eigenvalue weighted by Gasteiger charge is 2.22. The number of hydrogen-bond acceptors (Lipinski definition) is 4. The topological polar surface area (TPSA) is 72.9 Å². The minimum atomic E-state index is -1.09. The number of anilines is 2. The molecule has 3 aromatic carbocycles. The van der Waals surface area contributed by atoms with Crippen LogP contribution >= 0.6 is 0 Å². The molecule has 1 aliphatic rings. The molecule has 1 aliphatic heterocycles. The summed E-state index contributed by atoms with van der Waals surface area (Å²) in [6.45, 7) is 3.29. The summed E-state index contributed by atoms with van der Waals surface area (Å²) in [5, 5.41) is 12.4. The van der Waals surface area contributed by atoms with Crippen LogP contribution in [0.5, 0.6) is 0 Å². The van der Waals surface area contributed by atoms with Gasteiger partial charge < -0.3 is 15.3 Å². The Morgan fingerprint density at radius 3 is 2.27 bits per heavy atom. The molecule has 170 valence electrons. The van der Waals surface area contributed by atoms with E-state index in [4.69, 9.17) is 0 Å². The van der Waals surface area contributed by atoms with Gasteiger partial charge in [-0.05, 0) is 60.2 Å². The molecule has 0 aliphatic carbocycles. The van der Waals surface area contributed by atoms with Gasteiger partial charge in [0.05, 0.1) is 11.3 Å². The minimum Gasteiger partial charge on any atom is -0.478 e. The Morgan fingerprint density at radius 2 is 1.61 bits per heavy atom. The lowest BCUT2D eigenvalue weighted by atomic mass is 10.1. The number of carboxylic acid groups (broad SMARTS) is 1. The van der Waals surface area contributed by atoms with Gasteiger partial charge in [-0.1, -0.05) is 12.1 Å². The molecule has 1 amide bonds. The first kappa shape index (κ1) is 22.4. The first-order valence-electron chi connectivity index (χ1n) is 10.5. The second-order valence-electron chi connectivity index (χ2n) is 7.89. The third kappa shape index (κ3) is 5.53. The number of nitrogens with one attached hydrogen (secondary N) is 1. The van der Waals surface area contributed by atoms with Crippen LogP contribution in [-0.4, -0.2) is 48.1 Å². The number of rotatable bonds is 6. The number of benzene rings is 3. The molecular weight excluding hydrogens is 428 g/mol. The zero-order chi connectivity index (χ0) is 23.4. The van der Waals surface area contributed by atoms with E-state index in [2.05, 4.69) is 10.2 Å². The first-order chi connectivity index (χ1) is 15.9. The van der Waals surface area contributed by atoms with E-state index >= 15 is 0 Å². The van der Waals surface area contributed by atoms with E-state index in [-0.39, 0.29) is 16.9 Å². The number of carbonyl (C=O) groups is 2. The summed E-state index contributed by atoms with van der Waals surface area (Å²) >= 11 is 0. The van der Waals surface area contributed by atoms with Crippen LogP contribution < -0.4 is 10.2 Å². The molecule has 0 radical (unpaired) electrons. The molecule has 1 saturated heterocycles. The normalized spacial score (nSPS) is 14.2. The quantitative estimate of drug-likeness (QED) is 0.587. The molecule has 1 heterocycles. The van der Waals surface area contributed by atoms with E-state index < -0.39 is 17.7 Å². The van der Waals surface area contributed by atoms with E-state index in [1.165, 1.54) is 42.5 Å². The maximum absolute atomic E-state index is 13.4. The summed E-state index contributed by atoms with van der Waals surface area (Å²) in [4.78, 5) is 28.5. The molecular formula is C25H23F2N3O3. The summed E-state index contributed by atoms with van der Waals surface area (Å²) in [5.41, 5.74) is 2.18. The third-order valence-corrected chi connectivity index (χ3v) is 5.60. The molecule has 0 bridgehead atoms. The lowest BCUT2D eigenvalue weighted by molar-refractivity contribution is 0.0697. The zero-order valence-electron chi connectivity index (χ0n) is 17.8. The van der Waals surface area contributed by atoms with E-state index in [0.29, 0.717) is 44.1 Å². The molecule has 8 heteroatoms. The van der Waals surface area contributed by atoms with Crippen LogP contribution in [0.3, 0.4) is 0 Å². The fraction of sp³-hybridized carbons (Fsp3) is 0.200. The molecule has 0 aromatic heterocycles. The van der Waals surface area contributed by atoms with E-state index in [9.17, 15) is 23.5 Å². The fourth-order valence-corrected chi connectivity index (χ4v) is 3.91. The minimum absolute atomic E-state index is 0.0884. The first-order valence-corrected chi connectivity index (χ1v) is 10.5. The lowest BCUT2D eigenvalue weighted by Crippen LogP contribution is -2.46. The third-order valence-electron chi connectivity index (χ3n) is 5.60. The number of aromatic carboxylic acids is 1. The van der Waals surface area contributed by atoms with Crippen molar-refractivity contribution in [2.75, 3.05) is 36.4 Å². The van der Waals surface area contributed by atoms with Crippen molar-refractivity contribution in [2.24, 2.45) is 0 Å². The number of carbonyl (C=O) groups excluding carboxylic acids is 1. The van der Waals surface area contributed by atoms with Gasteiger partial charge in [-0.3, -0.25) is 9.69 Å². The largest absolute Gasteiger partial charge is 0.478 e. The summed E-state index contributed by atoms with van der Waals surface area (Å²) in [6, 6.07) is 16.4. The maximum atomic E-state index is 13.4. The summed E-state index contributed by atoms with van der Waals surface area (Å²) in [6.07, 6.45) is 0. The van der Waals surface area contributed by atoms with Crippen LogP contribution in [0.25, 0.3) is 0 Å². The van der Waals surface area contributed by atoms with Crippen LogP contribution in [-0.2, 0) is 6.54 Å². The lowest BCUT2D eigenvalue weighted by Gasteiger charge is -2.36. The van der Waals surface area contributed by atoms with Crippen LogP contribution in [0.15, 0.2) is 66.7 Å². The summed E-state index contributed by atoms with van der Waals surface area (Å²) < 4.78 is 26.5. The Balaban J connectivity index is 1.43. The van der Waals surface area contributed by atoms with Gasteiger partial charge in [-0.2, -0.15) is 0 Å². The average Bonchev–Trinajstić information content (AvgIpc) is 2.80. The van der Waals surface area contributed by atoms with Gasteiger partial charge in [0.1, 0.15) is 11.6 Å². The number of amides is 1. The highest BCUT2D eigenvalue weighted by Crippen LogP contribution is 2.26. The van der Waals surface area contributed by atoms with Crippen LogP contribution in [0.2, 0.25) is 0 Å². The van der Waals surface area contributed by atoms with Crippen LogP contribution in [0.4, 0.5) is 20.2 Å². The van der Waals surface area contributed by atoms with Crippen molar-refractivity contribution in [3.8, 4) is 0 Å². The number of nitrogens with zero attached hydrogens (tertiary/aromatic N) is 2. The second kappa shape index (κ2) is 9.79. The van der Waals surface area contributed by atoms with Crippen molar-refractivity contribution in [3.05, 3.63) is 95.1 Å². The van der Waals surface area contributed by atoms with E-state index in [1.807, 2.05) is 11.0 Å². The molecule has 0 saturated carbocycles. The van der Waals surface area contributed by atoms with Crippen molar-refractivity contribution in [1.82, 2.24) is 4.90 Å². The Bertz CT molecular complexity index is 1160. The SMILES string of the molecule is O=C(Nc1ccc(N2CCN(Cc3cccc(F)c3)CC2)c(C(=O)O)c1)c1ccc(F)cc1. The summed E-state index contributed by atoms with van der Waals surface area (Å²) in [7, 11) is 0. The van der Waals surface area contributed by atoms with Gasteiger partial charge in [-0.25, -0.2) is 13.6 Å². The predicted molar refractivity (Wildman–Crippen MR) is 122 cm³/mol. The molecule has 2 N–H and O–H groups in total. The zero-order valence-corrected chi connectivity index (χ0v) is 17.8. The van der Waals surface area contributed by atoms with Gasteiger partial charge in [0.15, 0.2) is 0 Å². The van der Waals surface area contributed by atoms with Crippen molar-refractivity contribution >= 4 is 23.3 Å². The van der Waals surface area contributed by atoms with E-state index in [0.717, 1.165) is 5.56 Å². The highest BCUT2D eigenvalue weighted by atomic mass is 19.1. The van der Waals surface area contributed by atoms with Crippen LogP contribution in [0, 0.1) is 11.6 Å². The van der Waals surface area contributed by atoms with Crippen molar-refractivity contribution in [1.29, 1.82) is 0 Å². The average molecular weight is 451 g/mol. The fourth-order valence-electron chi connectivity index (χ4n) is 3.91. The van der Waals surface area contributed by atoms with Crippen molar-refractivity contribution in [2.45, 2.75) is 6.54 Å². The van der Waals surface area contributed by atoms with Gasteiger partial charge in [0, 0.05) is 44.0 Å². The van der Waals surface area contributed by atoms with Gasteiger partial charge in [0.25, 0.3) is 5.91 Å².